The van der Waals surface area contributed by atoms with Crippen LogP contribution in [-0.4, -0.2) is 30.6 Å². The number of methoxy groups -OCH3 is 1. The molecule has 0 aliphatic rings. The van der Waals surface area contributed by atoms with Gasteiger partial charge in [0.05, 0.1) is 12.1 Å². The fourth-order valence-corrected chi connectivity index (χ4v) is 1.61. The van der Waals surface area contributed by atoms with Crippen LogP contribution in [0.4, 0.5) is 0 Å². The molecule has 100 valence electrons. The van der Waals surface area contributed by atoms with Gasteiger partial charge in [-0.2, -0.15) is 0 Å². The van der Waals surface area contributed by atoms with Crippen LogP contribution in [0.15, 0.2) is 24.5 Å². The second-order valence-corrected chi connectivity index (χ2v) is 4.26. The summed E-state index contributed by atoms with van der Waals surface area (Å²) >= 11 is 0. The number of carbonyl (C=O) groups is 1. The zero-order valence-electron chi connectivity index (χ0n) is 10.9. The van der Waals surface area contributed by atoms with E-state index < -0.39 is 6.04 Å². The predicted octanol–water partition coefficient (Wildman–Crippen LogP) is 1.01. The maximum absolute atomic E-state index is 11.8. The third-order valence-corrected chi connectivity index (χ3v) is 2.74. The molecule has 0 aliphatic carbocycles. The summed E-state index contributed by atoms with van der Waals surface area (Å²) < 4.78 is 4.93. The summed E-state index contributed by atoms with van der Waals surface area (Å²) in [5.41, 5.74) is 6.77. The summed E-state index contributed by atoms with van der Waals surface area (Å²) in [6.07, 6.45) is 4.85. The number of rotatable bonds is 7. The van der Waals surface area contributed by atoms with Crippen LogP contribution in [0.2, 0.25) is 0 Å². The number of hydrogen-bond acceptors (Lipinski definition) is 4. The van der Waals surface area contributed by atoms with Gasteiger partial charge in [0, 0.05) is 26.1 Å². The van der Waals surface area contributed by atoms with E-state index in [2.05, 4.69) is 10.3 Å². The summed E-state index contributed by atoms with van der Waals surface area (Å²) in [5, 5.41) is 2.88. The average molecular weight is 251 g/mol. The fraction of sp³-hybridized carbons (Fsp3) is 0.538. The second-order valence-electron chi connectivity index (χ2n) is 4.26. The largest absolute Gasteiger partial charge is 0.385 e. The molecular formula is C13H21N3O2. The number of ether oxygens (including phenoxy) is 1. The minimum Gasteiger partial charge on any atom is -0.385 e. The number of pyridine rings is 1. The molecule has 1 rings (SSSR count). The molecule has 5 heteroatoms. The normalized spacial score (nSPS) is 13.9. The van der Waals surface area contributed by atoms with Gasteiger partial charge in [-0.25, -0.2) is 0 Å². The van der Waals surface area contributed by atoms with Crippen molar-refractivity contribution in [1.82, 2.24) is 10.3 Å². The van der Waals surface area contributed by atoms with Crippen LogP contribution in [-0.2, 0) is 9.53 Å². The molecule has 0 saturated heterocycles. The SMILES string of the molecule is COCCCC(N)C(=O)N[C@@H](C)c1cccnc1. The molecule has 0 fully saturated rings. The Kier molecular flexibility index (Phi) is 6.32. The zero-order valence-corrected chi connectivity index (χ0v) is 10.9. The number of nitrogens with zero attached hydrogens (tertiary/aromatic N) is 1. The van der Waals surface area contributed by atoms with Crippen molar-refractivity contribution in [1.29, 1.82) is 0 Å². The van der Waals surface area contributed by atoms with E-state index in [0.717, 1.165) is 12.0 Å². The van der Waals surface area contributed by atoms with Crippen molar-refractivity contribution in [2.45, 2.75) is 31.8 Å². The van der Waals surface area contributed by atoms with E-state index in [9.17, 15) is 4.79 Å². The number of amides is 1. The molecule has 0 radical (unpaired) electrons. The molecule has 0 saturated carbocycles. The van der Waals surface area contributed by atoms with Crippen molar-refractivity contribution in [3.05, 3.63) is 30.1 Å². The smallest absolute Gasteiger partial charge is 0.237 e. The molecule has 1 unspecified atom stereocenters. The summed E-state index contributed by atoms with van der Waals surface area (Å²) in [5.74, 6) is -0.137. The lowest BCUT2D eigenvalue weighted by Crippen LogP contribution is -2.41. The molecule has 0 spiro atoms. The van der Waals surface area contributed by atoms with Gasteiger partial charge in [-0.3, -0.25) is 9.78 Å². The number of hydrogen-bond donors (Lipinski definition) is 2. The van der Waals surface area contributed by atoms with Crippen LogP contribution >= 0.6 is 0 Å². The predicted molar refractivity (Wildman–Crippen MR) is 69.9 cm³/mol. The quantitative estimate of drug-likeness (QED) is 0.709. The Morgan fingerprint density at radius 2 is 2.39 bits per heavy atom. The third-order valence-electron chi connectivity index (χ3n) is 2.74. The topological polar surface area (TPSA) is 77.2 Å². The summed E-state index contributed by atoms with van der Waals surface area (Å²) in [6.45, 7) is 2.54. The Morgan fingerprint density at radius 3 is 3.00 bits per heavy atom. The number of nitrogens with two attached hydrogens (primary N) is 1. The molecule has 5 nitrogen and oxygen atoms in total. The Hall–Kier alpha value is -1.46. The highest BCUT2D eigenvalue weighted by atomic mass is 16.5. The van der Waals surface area contributed by atoms with Gasteiger partial charge in [0.1, 0.15) is 0 Å². The maximum Gasteiger partial charge on any atom is 0.237 e. The standard InChI is InChI=1S/C13H21N3O2/c1-10(11-5-3-7-15-9-11)16-13(17)12(14)6-4-8-18-2/h3,5,7,9-10,12H,4,6,8,14H2,1-2H3,(H,16,17)/t10-,12?/m0/s1. The van der Waals surface area contributed by atoms with Crippen molar-refractivity contribution in [3.8, 4) is 0 Å². The fourth-order valence-electron chi connectivity index (χ4n) is 1.61. The molecule has 1 heterocycles. The van der Waals surface area contributed by atoms with Crippen LogP contribution in [0.1, 0.15) is 31.4 Å². The summed E-state index contributed by atoms with van der Waals surface area (Å²) in [4.78, 5) is 15.8. The molecule has 1 aromatic rings. The van der Waals surface area contributed by atoms with Gasteiger partial charge in [-0.1, -0.05) is 6.07 Å². The van der Waals surface area contributed by atoms with Gasteiger partial charge >= 0.3 is 0 Å². The maximum atomic E-state index is 11.8. The molecule has 1 aromatic heterocycles. The van der Waals surface area contributed by atoms with Crippen LogP contribution < -0.4 is 11.1 Å². The van der Waals surface area contributed by atoms with Crippen molar-refractivity contribution in [3.63, 3.8) is 0 Å². The van der Waals surface area contributed by atoms with E-state index in [1.54, 1.807) is 19.5 Å². The molecular weight excluding hydrogens is 230 g/mol. The highest BCUT2D eigenvalue weighted by Crippen LogP contribution is 2.10. The first-order valence-corrected chi connectivity index (χ1v) is 6.10. The first-order chi connectivity index (χ1) is 8.65. The van der Waals surface area contributed by atoms with Gasteiger partial charge < -0.3 is 15.8 Å². The van der Waals surface area contributed by atoms with Crippen molar-refractivity contribution in [2.75, 3.05) is 13.7 Å². The Morgan fingerprint density at radius 1 is 1.61 bits per heavy atom. The summed E-state index contributed by atoms with van der Waals surface area (Å²) in [6, 6.07) is 3.20. The van der Waals surface area contributed by atoms with E-state index in [0.29, 0.717) is 13.0 Å². The van der Waals surface area contributed by atoms with Crippen molar-refractivity contribution in [2.24, 2.45) is 5.73 Å². The van der Waals surface area contributed by atoms with E-state index in [-0.39, 0.29) is 11.9 Å². The van der Waals surface area contributed by atoms with Gasteiger partial charge in [-0.05, 0) is 31.4 Å². The van der Waals surface area contributed by atoms with Gasteiger partial charge in [0.2, 0.25) is 5.91 Å². The second kappa shape index (κ2) is 7.79. The molecule has 3 N–H and O–H groups in total. The molecule has 2 atom stereocenters. The lowest BCUT2D eigenvalue weighted by atomic mass is 10.1. The molecule has 0 aromatic carbocycles. The Labute approximate surface area is 108 Å². The van der Waals surface area contributed by atoms with Crippen LogP contribution in [0, 0.1) is 0 Å². The molecule has 18 heavy (non-hydrogen) atoms. The lowest BCUT2D eigenvalue weighted by Gasteiger charge is -2.17. The van der Waals surface area contributed by atoms with E-state index in [4.69, 9.17) is 10.5 Å². The first kappa shape index (κ1) is 14.6. The average Bonchev–Trinajstić information content (AvgIpc) is 2.39. The van der Waals surface area contributed by atoms with Crippen molar-refractivity contribution < 1.29 is 9.53 Å². The van der Waals surface area contributed by atoms with Gasteiger partial charge in [0.15, 0.2) is 0 Å². The molecule has 0 aliphatic heterocycles. The minimum atomic E-state index is -0.487. The van der Waals surface area contributed by atoms with Gasteiger partial charge in [-0.15, -0.1) is 0 Å². The Balaban J connectivity index is 2.39. The van der Waals surface area contributed by atoms with Gasteiger partial charge in [0.25, 0.3) is 0 Å². The first-order valence-electron chi connectivity index (χ1n) is 6.10. The molecule has 0 bridgehead atoms. The Bertz CT molecular complexity index is 357. The zero-order chi connectivity index (χ0) is 13.4. The number of aromatic nitrogens is 1. The highest BCUT2D eigenvalue weighted by molar-refractivity contribution is 5.81. The van der Waals surface area contributed by atoms with E-state index in [1.165, 1.54) is 0 Å². The van der Waals surface area contributed by atoms with Crippen LogP contribution in [0.25, 0.3) is 0 Å². The lowest BCUT2D eigenvalue weighted by molar-refractivity contribution is -0.123. The highest BCUT2D eigenvalue weighted by Gasteiger charge is 2.16. The number of carbonyl (C=O) groups excluding carboxylic acids is 1. The monoisotopic (exact) mass is 251 g/mol. The van der Waals surface area contributed by atoms with Crippen LogP contribution in [0.5, 0.6) is 0 Å². The summed E-state index contributed by atoms with van der Waals surface area (Å²) in [7, 11) is 1.63. The third kappa shape index (κ3) is 4.81. The van der Waals surface area contributed by atoms with E-state index in [1.807, 2.05) is 19.1 Å². The molecule has 1 amide bonds. The minimum absolute atomic E-state index is 0.0836. The van der Waals surface area contributed by atoms with Crippen molar-refractivity contribution >= 4 is 5.91 Å². The van der Waals surface area contributed by atoms with Crippen LogP contribution in [0.3, 0.4) is 0 Å². The number of nitrogens with one attached hydrogen (secondary N) is 1. The van der Waals surface area contributed by atoms with E-state index >= 15 is 0 Å².